The minimum Gasteiger partial charge on any atom is -0.368 e. The first-order valence-corrected chi connectivity index (χ1v) is 6.43. The molecule has 4 heteroatoms. The third-order valence-corrected chi connectivity index (χ3v) is 4.17. The quantitative estimate of drug-likeness (QED) is 0.873. The van der Waals surface area contributed by atoms with E-state index in [0.717, 1.165) is 18.7 Å². The normalized spacial score (nSPS) is 28.5. The van der Waals surface area contributed by atoms with Crippen molar-refractivity contribution in [3.8, 4) is 0 Å². The lowest BCUT2D eigenvalue weighted by Gasteiger charge is -2.44. The van der Waals surface area contributed by atoms with Gasteiger partial charge in [0.15, 0.2) is 11.6 Å². The Balaban J connectivity index is 2.21. The van der Waals surface area contributed by atoms with Crippen LogP contribution in [-0.2, 0) is 0 Å². The molecule has 1 aromatic carbocycles. The predicted octanol–water partition coefficient (Wildman–Crippen LogP) is 2.79. The average Bonchev–Trinajstić information content (AvgIpc) is 2.36. The average molecular weight is 254 g/mol. The molecule has 1 aliphatic rings. The summed E-state index contributed by atoms with van der Waals surface area (Å²) in [5.74, 6) is -1.09. The Labute approximate surface area is 107 Å². The topological polar surface area (TPSA) is 15.3 Å². The number of anilines is 1. The van der Waals surface area contributed by atoms with Crippen molar-refractivity contribution < 1.29 is 8.78 Å². The highest BCUT2D eigenvalue weighted by molar-refractivity contribution is 5.48. The number of benzene rings is 1. The molecule has 0 amide bonds. The minimum atomic E-state index is -0.787. The summed E-state index contributed by atoms with van der Waals surface area (Å²) >= 11 is 0. The number of nitrogens with zero attached hydrogens (tertiary/aromatic N) is 1. The highest BCUT2D eigenvalue weighted by Crippen LogP contribution is 2.29. The maximum Gasteiger partial charge on any atom is 0.160 e. The summed E-state index contributed by atoms with van der Waals surface area (Å²) in [7, 11) is 1.97. The molecular weight excluding hydrogens is 234 g/mol. The summed E-state index contributed by atoms with van der Waals surface area (Å²) in [4.78, 5) is 2.15. The zero-order valence-electron chi connectivity index (χ0n) is 11.1. The Morgan fingerprint density at radius 1 is 1.22 bits per heavy atom. The van der Waals surface area contributed by atoms with Crippen molar-refractivity contribution in [2.24, 2.45) is 5.92 Å². The van der Waals surface area contributed by atoms with E-state index >= 15 is 0 Å². The first kappa shape index (κ1) is 13.3. The molecule has 0 radical (unpaired) electrons. The predicted molar refractivity (Wildman–Crippen MR) is 69.8 cm³/mol. The first-order valence-electron chi connectivity index (χ1n) is 6.43. The molecule has 1 aromatic rings. The van der Waals surface area contributed by atoms with Gasteiger partial charge in [-0.1, -0.05) is 6.92 Å². The Bertz CT molecular complexity index is 422. The number of piperidine rings is 1. The lowest BCUT2D eigenvalue weighted by molar-refractivity contribution is 0.282. The van der Waals surface area contributed by atoms with Crippen molar-refractivity contribution in [1.29, 1.82) is 0 Å². The fourth-order valence-corrected chi connectivity index (χ4v) is 2.80. The largest absolute Gasteiger partial charge is 0.368 e. The van der Waals surface area contributed by atoms with Crippen LogP contribution in [0.4, 0.5) is 14.5 Å². The van der Waals surface area contributed by atoms with Gasteiger partial charge in [-0.05, 0) is 38.4 Å². The van der Waals surface area contributed by atoms with Crippen LogP contribution in [0.1, 0.15) is 20.3 Å². The summed E-state index contributed by atoms with van der Waals surface area (Å²) in [6, 6.07) is 4.94. The van der Waals surface area contributed by atoms with Gasteiger partial charge in [0.1, 0.15) is 0 Å². The molecule has 0 aromatic heterocycles. The van der Waals surface area contributed by atoms with Gasteiger partial charge in [0.05, 0.1) is 0 Å². The molecule has 100 valence electrons. The van der Waals surface area contributed by atoms with Crippen molar-refractivity contribution in [2.75, 3.05) is 18.5 Å². The second-order valence-corrected chi connectivity index (χ2v) is 5.08. The van der Waals surface area contributed by atoms with Gasteiger partial charge >= 0.3 is 0 Å². The van der Waals surface area contributed by atoms with E-state index in [-0.39, 0.29) is 0 Å². The van der Waals surface area contributed by atoms with Crippen LogP contribution in [0, 0.1) is 17.6 Å². The van der Waals surface area contributed by atoms with Gasteiger partial charge < -0.3 is 10.2 Å². The summed E-state index contributed by atoms with van der Waals surface area (Å²) in [6.07, 6.45) is 1.01. The molecule has 2 rings (SSSR count). The van der Waals surface area contributed by atoms with Crippen LogP contribution in [0.5, 0.6) is 0 Å². The lowest BCUT2D eigenvalue weighted by Crippen LogP contribution is -2.52. The zero-order chi connectivity index (χ0) is 13.3. The summed E-state index contributed by atoms with van der Waals surface area (Å²) in [6.45, 7) is 5.19. The van der Waals surface area contributed by atoms with Crippen LogP contribution in [0.2, 0.25) is 0 Å². The van der Waals surface area contributed by atoms with E-state index in [1.54, 1.807) is 6.07 Å². The number of hydrogen-bond acceptors (Lipinski definition) is 2. The fraction of sp³-hybridized carbons (Fsp3) is 0.571. The highest BCUT2D eigenvalue weighted by atomic mass is 19.2. The van der Waals surface area contributed by atoms with Gasteiger partial charge in [-0.15, -0.1) is 0 Å². The first-order chi connectivity index (χ1) is 8.54. The molecule has 18 heavy (non-hydrogen) atoms. The summed E-state index contributed by atoms with van der Waals surface area (Å²) < 4.78 is 26.2. The standard InChI is InChI=1S/C14H20F2N2/c1-9-10(2)18(7-6-14(9)17-3)11-4-5-12(15)13(16)8-11/h4-5,8-10,14,17H,6-7H2,1-3H3. The summed E-state index contributed by atoms with van der Waals surface area (Å²) in [5.41, 5.74) is 0.766. The Hall–Kier alpha value is -1.16. The van der Waals surface area contributed by atoms with E-state index in [0.29, 0.717) is 18.0 Å². The summed E-state index contributed by atoms with van der Waals surface area (Å²) in [5, 5.41) is 3.32. The molecule has 3 atom stereocenters. The van der Waals surface area contributed by atoms with E-state index in [9.17, 15) is 8.78 Å². The molecule has 1 saturated heterocycles. The van der Waals surface area contributed by atoms with Crippen molar-refractivity contribution in [3.63, 3.8) is 0 Å². The van der Waals surface area contributed by atoms with Gasteiger partial charge in [0.25, 0.3) is 0 Å². The maximum atomic E-state index is 13.3. The van der Waals surface area contributed by atoms with Gasteiger partial charge in [0.2, 0.25) is 0 Å². The van der Waals surface area contributed by atoms with Crippen molar-refractivity contribution in [2.45, 2.75) is 32.4 Å². The van der Waals surface area contributed by atoms with E-state index in [1.807, 2.05) is 7.05 Å². The van der Waals surface area contributed by atoms with Gasteiger partial charge in [-0.2, -0.15) is 0 Å². The maximum absolute atomic E-state index is 13.3. The second-order valence-electron chi connectivity index (χ2n) is 5.08. The number of rotatable bonds is 2. The van der Waals surface area contributed by atoms with Crippen LogP contribution in [0.15, 0.2) is 18.2 Å². The number of nitrogens with one attached hydrogen (secondary N) is 1. The molecule has 1 fully saturated rings. The van der Waals surface area contributed by atoms with Crippen molar-refractivity contribution in [3.05, 3.63) is 29.8 Å². The molecule has 1 N–H and O–H groups in total. The van der Waals surface area contributed by atoms with Crippen molar-refractivity contribution in [1.82, 2.24) is 5.32 Å². The minimum absolute atomic E-state index is 0.307. The monoisotopic (exact) mass is 254 g/mol. The van der Waals surface area contributed by atoms with Gasteiger partial charge in [-0.3, -0.25) is 0 Å². The number of halogens is 2. The Morgan fingerprint density at radius 3 is 2.56 bits per heavy atom. The van der Waals surface area contributed by atoms with Gasteiger partial charge in [-0.25, -0.2) is 8.78 Å². The molecule has 0 spiro atoms. The smallest absolute Gasteiger partial charge is 0.160 e. The third kappa shape index (κ3) is 2.34. The van der Waals surface area contributed by atoms with Crippen LogP contribution in [-0.4, -0.2) is 25.7 Å². The lowest BCUT2D eigenvalue weighted by atomic mass is 9.87. The molecule has 0 aliphatic carbocycles. The van der Waals surface area contributed by atoms with E-state index in [1.165, 1.54) is 12.1 Å². The molecular formula is C14H20F2N2. The molecule has 1 heterocycles. The van der Waals surface area contributed by atoms with E-state index in [4.69, 9.17) is 0 Å². The van der Waals surface area contributed by atoms with Crippen LogP contribution in [0.25, 0.3) is 0 Å². The fourth-order valence-electron chi connectivity index (χ4n) is 2.80. The van der Waals surface area contributed by atoms with E-state index in [2.05, 4.69) is 24.1 Å². The van der Waals surface area contributed by atoms with Crippen LogP contribution >= 0.6 is 0 Å². The molecule has 0 saturated carbocycles. The zero-order valence-corrected chi connectivity index (χ0v) is 11.1. The van der Waals surface area contributed by atoms with Crippen LogP contribution < -0.4 is 10.2 Å². The Morgan fingerprint density at radius 2 is 1.94 bits per heavy atom. The van der Waals surface area contributed by atoms with Gasteiger partial charge in [0, 0.05) is 30.4 Å². The second kappa shape index (κ2) is 5.22. The van der Waals surface area contributed by atoms with Crippen LogP contribution in [0.3, 0.4) is 0 Å². The Kier molecular flexibility index (Phi) is 3.85. The molecule has 2 nitrogen and oxygen atoms in total. The third-order valence-electron chi connectivity index (χ3n) is 4.17. The molecule has 0 bridgehead atoms. The SMILES string of the molecule is CNC1CCN(c2ccc(F)c(F)c2)C(C)C1C. The molecule has 3 unspecified atom stereocenters. The van der Waals surface area contributed by atoms with Crippen molar-refractivity contribution >= 4 is 5.69 Å². The molecule has 1 aliphatic heterocycles. The number of hydrogen-bond donors (Lipinski definition) is 1. The van der Waals surface area contributed by atoms with E-state index < -0.39 is 11.6 Å². The highest BCUT2D eigenvalue weighted by Gasteiger charge is 2.31.